The van der Waals surface area contributed by atoms with Gasteiger partial charge < -0.3 is 5.32 Å². The number of amides is 1. The van der Waals surface area contributed by atoms with E-state index in [0.29, 0.717) is 19.3 Å². The molecule has 4 rings (SSSR count). The third-order valence-corrected chi connectivity index (χ3v) is 6.77. The van der Waals surface area contributed by atoms with E-state index in [1.165, 1.54) is 16.0 Å². The smallest absolute Gasteiger partial charge is 0.248 e. The molecule has 0 aromatic heterocycles. The molecule has 1 N–H and O–H groups in total. The van der Waals surface area contributed by atoms with E-state index in [1.807, 2.05) is 19.1 Å². The van der Waals surface area contributed by atoms with Gasteiger partial charge in [-0.15, -0.1) is 11.8 Å². The SMILES string of the molecule is CC1CCC(F)(F)C[C@H]1C(=O)NC1(C#N)CC1.CSc1ccc(-c2ccccc2)cc1. The van der Waals surface area contributed by atoms with Crippen LogP contribution < -0.4 is 5.32 Å². The topological polar surface area (TPSA) is 52.9 Å². The molecule has 31 heavy (non-hydrogen) atoms. The first-order valence-corrected chi connectivity index (χ1v) is 11.8. The first kappa shape index (κ1) is 23.3. The first-order chi connectivity index (χ1) is 14.8. The molecule has 0 spiro atoms. The van der Waals surface area contributed by atoms with Gasteiger partial charge in [0.2, 0.25) is 11.8 Å². The second-order valence-corrected chi connectivity index (χ2v) is 9.34. The molecule has 2 aromatic carbocycles. The molecule has 0 saturated heterocycles. The van der Waals surface area contributed by atoms with E-state index < -0.39 is 17.4 Å². The van der Waals surface area contributed by atoms with Crippen molar-refractivity contribution in [3.63, 3.8) is 0 Å². The molecule has 2 atom stereocenters. The van der Waals surface area contributed by atoms with E-state index >= 15 is 0 Å². The summed E-state index contributed by atoms with van der Waals surface area (Å²) < 4.78 is 26.5. The fourth-order valence-electron chi connectivity index (χ4n) is 3.75. The summed E-state index contributed by atoms with van der Waals surface area (Å²) >= 11 is 1.77. The van der Waals surface area contributed by atoms with Crippen LogP contribution in [0.3, 0.4) is 0 Å². The highest BCUT2D eigenvalue weighted by atomic mass is 32.2. The molecule has 164 valence electrons. The third kappa shape index (κ3) is 6.30. The lowest BCUT2D eigenvalue weighted by atomic mass is 9.78. The van der Waals surface area contributed by atoms with Gasteiger partial charge in [0.25, 0.3) is 0 Å². The number of halogens is 2. The maximum Gasteiger partial charge on any atom is 0.248 e. The number of thioether (sulfide) groups is 1. The van der Waals surface area contributed by atoms with Crippen molar-refractivity contribution < 1.29 is 13.6 Å². The van der Waals surface area contributed by atoms with Gasteiger partial charge in [-0.05, 0) is 54.7 Å². The standard InChI is InChI=1S/C13H12S.C12H16F2N2O/c1-14-13-9-7-12(8-10-13)11-5-3-2-4-6-11;1-8-2-3-12(13,14)6-9(8)10(17)16-11(7-15)4-5-11/h2-10H,1H3;8-9H,2-6H2,1H3,(H,16,17)/t;8?,9-/m.1/s1. The summed E-state index contributed by atoms with van der Waals surface area (Å²) in [5.74, 6) is -3.82. The summed E-state index contributed by atoms with van der Waals surface area (Å²) in [4.78, 5) is 13.2. The van der Waals surface area contributed by atoms with Crippen LogP contribution in [0.1, 0.15) is 39.0 Å². The Hall–Kier alpha value is -2.39. The van der Waals surface area contributed by atoms with Crippen LogP contribution in [0.2, 0.25) is 0 Å². The Bertz CT molecular complexity index is 921. The van der Waals surface area contributed by atoms with Gasteiger partial charge in [0.05, 0.1) is 6.07 Å². The van der Waals surface area contributed by atoms with E-state index in [2.05, 4.69) is 60.1 Å². The van der Waals surface area contributed by atoms with E-state index in [-0.39, 0.29) is 24.7 Å². The van der Waals surface area contributed by atoms with Crippen molar-refractivity contribution in [2.24, 2.45) is 11.8 Å². The molecule has 0 aliphatic heterocycles. The summed E-state index contributed by atoms with van der Waals surface area (Å²) in [5, 5.41) is 11.5. The summed E-state index contributed by atoms with van der Waals surface area (Å²) in [7, 11) is 0. The van der Waals surface area contributed by atoms with E-state index in [4.69, 9.17) is 5.26 Å². The number of nitriles is 1. The fourth-order valence-corrected chi connectivity index (χ4v) is 4.16. The lowest BCUT2D eigenvalue weighted by Gasteiger charge is -2.33. The Morgan fingerprint density at radius 3 is 2.23 bits per heavy atom. The Kier molecular flexibility index (Phi) is 7.38. The predicted molar refractivity (Wildman–Crippen MR) is 121 cm³/mol. The average molecular weight is 443 g/mol. The molecule has 1 amide bonds. The number of benzene rings is 2. The summed E-state index contributed by atoms with van der Waals surface area (Å²) in [5.41, 5.74) is 1.80. The second kappa shape index (κ2) is 9.82. The van der Waals surface area contributed by atoms with Crippen LogP contribution in [0.4, 0.5) is 8.78 Å². The molecule has 2 saturated carbocycles. The molecular weight excluding hydrogens is 414 g/mol. The van der Waals surface area contributed by atoms with Crippen molar-refractivity contribution in [1.82, 2.24) is 5.32 Å². The predicted octanol–water partition coefficient (Wildman–Crippen LogP) is 6.31. The molecule has 2 aromatic rings. The van der Waals surface area contributed by atoms with Crippen LogP contribution in [0.25, 0.3) is 11.1 Å². The molecule has 0 bridgehead atoms. The normalized spacial score (nSPS) is 22.9. The van der Waals surface area contributed by atoms with Crippen LogP contribution >= 0.6 is 11.8 Å². The first-order valence-electron chi connectivity index (χ1n) is 10.6. The maximum atomic E-state index is 13.3. The minimum absolute atomic E-state index is 0.0379. The maximum absolute atomic E-state index is 13.3. The Morgan fingerprint density at radius 1 is 1.06 bits per heavy atom. The summed E-state index contributed by atoms with van der Waals surface area (Å²) in [6.45, 7) is 1.82. The molecule has 0 radical (unpaired) electrons. The summed E-state index contributed by atoms with van der Waals surface area (Å²) in [6, 6.07) is 21.1. The zero-order valence-corrected chi connectivity index (χ0v) is 18.7. The minimum Gasteiger partial charge on any atom is -0.338 e. The van der Waals surface area contributed by atoms with Crippen molar-refractivity contribution >= 4 is 17.7 Å². The molecule has 2 aliphatic carbocycles. The number of rotatable bonds is 4. The number of carbonyl (C=O) groups excluding carboxylic acids is 1. The number of nitrogens with zero attached hydrogens (tertiary/aromatic N) is 1. The highest BCUT2D eigenvalue weighted by Crippen LogP contribution is 2.41. The Balaban J connectivity index is 0.000000179. The lowest BCUT2D eigenvalue weighted by Crippen LogP contribution is -2.45. The minimum atomic E-state index is -2.74. The third-order valence-electron chi connectivity index (χ3n) is 6.03. The lowest BCUT2D eigenvalue weighted by molar-refractivity contribution is -0.136. The molecule has 3 nitrogen and oxygen atoms in total. The average Bonchev–Trinajstić information content (AvgIpc) is 3.56. The molecular formula is C25H28F2N2OS. The van der Waals surface area contributed by atoms with Crippen LogP contribution in [0, 0.1) is 23.2 Å². The molecule has 6 heteroatoms. The number of nitrogens with one attached hydrogen (secondary N) is 1. The van der Waals surface area contributed by atoms with Crippen molar-refractivity contribution in [2.45, 2.75) is 55.4 Å². The van der Waals surface area contributed by atoms with Gasteiger partial charge in [-0.25, -0.2) is 8.78 Å². The van der Waals surface area contributed by atoms with Crippen molar-refractivity contribution in [2.75, 3.05) is 6.26 Å². The van der Waals surface area contributed by atoms with Gasteiger partial charge in [0, 0.05) is 23.7 Å². The monoisotopic (exact) mass is 442 g/mol. The van der Waals surface area contributed by atoms with E-state index in [0.717, 1.165) is 0 Å². The Labute approximate surface area is 187 Å². The van der Waals surface area contributed by atoms with Gasteiger partial charge in [-0.3, -0.25) is 4.79 Å². The van der Waals surface area contributed by atoms with Crippen LogP contribution in [-0.2, 0) is 4.79 Å². The summed E-state index contributed by atoms with van der Waals surface area (Å²) in [6.07, 6.45) is 3.20. The van der Waals surface area contributed by atoms with Gasteiger partial charge in [-0.2, -0.15) is 5.26 Å². The van der Waals surface area contributed by atoms with Gasteiger partial charge >= 0.3 is 0 Å². The molecule has 0 heterocycles. The quantitative estimate of drug-likeness (QED) is 0.565. The van der Waals surface area contributed by atoms with Gasteiger partial charge in [-0.1, -0.05) is 49.4 Å². The Morgan fingerprint density at radius 2 is 1.68 bits per heavy atom. The zero-order valence-electron chi connectivity index (χ0n) is 17.9. The van der Waals surface area contributed by atoms with Crippen LogP contribution in [-0.4, -0.2) is 23.6 Å². The van der Waals surface area contributed by atoms with Crippen LogP contribution in [0.5, 0.6) is 0 Å². The highest BCUT2D eigenvalue weighted by molar-refractivity contribution is 7.98. The van der Waals surface area contributed by atoms with Gasteiger partial charge in [0.15, 0.2) is 0 Å². The number of carbonyl (C=O) groups is 1. The van der Waals surface area contributed by atoms with Crippen molar-refractivity contribution in [3.05, 3.63) is 54.6 Å². The number of alkyl halides is 2. The molecule has 2 aliphatic rings. The fraction of sp³-hybridized carbons (Fsp3) is 0.440. The van der Waals surface area contributed by atoms with E-state index in [9.17, 15) is 13.6 Å². The van der Waals surface area contributed by atoms with Crippen LogP contribution in [0.15, 0.2) is 59.5 Å². The zero-order chi connectivity index (χ0) is 22.5. The second-order valence-electron chi connectivity index (χ2n) is 8.46. The van der Waals surface area contributed by atoms with E-state index in [1.54, 1.807) is 11.8 Å². The molecule has 2 fully saturated rings. The highest BCUT2D eigenvalue weighted by Gasteiger charge is 2.48. The van der Waals surface area contributed by atoms with Crippen molar-refractivity contribution in [3.8, 4) is 17.2 Å². The number of hydrogen-bond acceptors (Lipinski definition) is 3. The van der Waals surface area contributed by atoms with Crippen molar-refractivity contribution in [1.29, 1.82) is 5.26 Å². The molecule has 1 unspecified atom stereocenters. The number of hydrogen-bond donors (Lipinski definition) is 1. The largest absolute Gasteiger partial charge is 0.338 e. The van der Waals surface area contributed by atoms with Gasteiger partial charge in [0.1, 0.15) is 5.54 Å².